The van der Waals surface area contributed by atoms with Crippen molar-refractivity contribution in [2.24, 2.45) is 11.7 Å². The molecule has 0 aliphatic heterocycles. The number of hydrogen-bond donors (Lipinski definition) is 2. The summed E-state index contributed by atoms with van der Waals surface area (Å²) in [6.45, 7) is 4.00. The molecule has 1 rings (SSSR count). The Bertz CT molecular complexity index is 385. The van der Waals surface area contributed by atoms with Gasteiger partial charge in [-0.1, -0.05) is 13.8 Å². The normalized spacial score (nSPS) is 14.4. The first kappa shape index (κ1) is 12.1. The number of sulfone groups is 1. The molecule has 0 radical (unpaired) electrons. The fourth-order valence-electron chi connectivity index (χ4n) is 1.38. The topological polar surface area (TPSA) is 102 Å². The molecule has 0 saturated heterocycles. The molecule has 7 heteroatoms. The van der Waals surface area contributed by atoms with Crippen LogP contribution in [0.15, 0.2) is 11.5 Å². The van der Waals surface area contributed by atoms with Crippen molar-refractivity contribution >= 4 is 9.84 Å². The van der Waals surface area contributed by atoms with Crippen molar-refractivity contribution in [3.05, 3.63) is 6.33 Å². The minimum atomic E-state index is -3.42. The van der Waals surface area contributed by atoms with Crippen molar-refractivity contribution in [3.63, 3.8) is 0 Å². The minimum absolute atomic E-state index is 0.0969. The van der Waals surface area contributed by atoms with Crippen molar-refractivity contribution in [2.45, 2.75) is 31.5 Å². The molecular weight excluding hydrogens is 216 g/mol. The number of nitrogens with one attached hydrogen (secondary N) is 1. The zero-order chi connectivity index (χ0) is 11.5. The standard InChI is InChI=1S/C8H16N4O2S/c1-6(2)3-7(9)4-15(13,14)8-10-5-11-12-8/h5-7H,3-4,9H2,1-2H3,(H,10,11,12). The Morgan fingerprint density at radius 1 is 1.53 bits per heavy atom. The molecule has 0 saturated carbocycles. The van der Waals surface area contributed by atoms with Crippen molar-refractivity contribution < 1.29 is 8.42 Å². The lowest BCUT2D eigenvalue weighted by Crippen LogP contribution is -2.31. The zero-order valence-corrected chi connectivity index (χ0v) is 9.66. The number of aromatic nitrogens is 3. The quantitative estimate of drug-likeness (QED) is 0.741. The summed E-state index contributed by atoms with van der Waals surface area (Å²) in [5.74, 6) is 0.283. The number of hydrogen-bond acceptors (Lipinski definition) is 5. The van der Waals surface area contributed by atoms with Gasteiger partial charge in [-0.25, -0.2) is 13.4 Å². The number of aromatic amines is 1. The second-order valence-corrected chi connectivity index (χ2v) is 5.91. The van der Waals surface area contributed by atoms with Crippen LogP contribution in [0.5, 0.6) is 0 Å². The van der Waals surface area contributed by atoms with Gasteiger partial charge in [0.05, 0.1) is 5.75 Å². The van der Waals surface area contributed by atoms with E-state index in [1.807, 2.05) is 13.8 Å². The molecule has 1 heterocycles. The van der Waals surface area contributed by atoms with E-state index in [4.69, 9.17) is 5.73 Å². The number of rotatable bonds is 5. The van der Waals surface area contributed by atoms with E-state index in [2.05, 4.69) is 15.2 Å². The molecule has 1 atom stereocenters. The number of nitrogens with two attached hydrogens (primary N) is 1. The van der Waals surface area contributed by atoms with Crippen LogP contribution in [0.2, 0.25) is 0 Å². The highest BCUT2D eigenvalue weighted by Crippen LogP contribution is 2.09. The van der Waals surface area contributed by atoms with Gasteiger partial charge in [0.15, 0.2) is 0 Å². The SMILES string of the molecule is CC(C)CC(N)CS(=O)(=O)c1ncn[nH]1. The van der Waals surface area contributed by atoms with E-state index in [0.29, 0.717) is 12.3 Å². The van der Waals surface area contributed by atoms with Crippen LogP contribution in [0, 0.1) is 5.92 Å². The highest BCUT2D eigenvalue weighted by molar-refractivity contribution is 7.91. The molecule has 0 spiro atoms. The van der Waals surface area contributed by atoms with E-state index >= 15 is 0 Å². The third-order valence-corrected chi connectivity index (χ3v) is 3.55. The van der Waals surface area contributed by atoms with Gasteiger partial charge in [-0.2, -0.15) is 5.10 Å². The second-order valence-electron chi connectivity index (χ2n) is 3.96. The van der Waals surface area contributed by atoms with E-state index in [0.717, 1.165) is 0 Å². The van der Waals surface area contributed by atoms with E-state index in [1.54, 1.807) is 0 Å². The summed E-state index contributed by atoms with van der Waals surface area (Å²) in [7, 11) is -3.42. The van der Waals surface area contributed by atoms with Crippen molar-refractivity contribution in [1.82, 2.24) is 15.2 Å². The van der Waals surface area contributed by atoms with Crippen molar-refractivity contribution in [3.8, 4) is 0 Å². The van der Waals surface area contributed by atoms with Gasteiger partial charge in [0.25, 0.3) is 0 Å². The number of nitrogens with zero attached hydrogens (tertiary/aromatic N) is 2. The molecule has 6 nitrogen and oxygen atoms in total. The maximum absolute atomic E-state index is 11.7. The van der Waals surface area contributed by atoms with Gasteiger partial charge in [-0.3, -0.25) is 5.10 Å². The lowest BCUT2D eigenvalue weighted by atomic mass is 10.1. The van der Waals surface area contributed by atoms with Crippen molar-refractivity contribution in [2.75, 3.05) is 5.75 Å². The first-order chi connectivity index (χ1) is 6.92. The average molecular weight is 232 g/mol. The summed E-state index contributed by atoms with van der Waals surface area (Å²) in [6.07, 6.45) is 1.84. The Morgan fingerprint density at radius 2 is 2.20 bits per heavy atom. The van der Waals surface area contributed by atoms with Gasteiger partial charge in [0.1, 0.15) is 6.33 Å². The van der Waals surface area contributed by atoms with Gasteiger partial charge in [-0.05, 0) is 12.3 Å². The molecular formula is C8H16N4O2S. The van der Waals surface area contributed by atoms with Gasteiger partial charge < -0.3 is 5.73 Å². The number of H-pyrrole nitrogens is 1. The van der Waals surface area contributed by atoms with E-state index in [1.165, 1.54) is 6.33 Å². The summed E-state index contributed by atoms with van der Waals surface area (Å²) in [6, 6.07) is -0.361. The Hall–Kier alpha value is -0.950. The summed E-state index contributed by atoms with van der Waals surface area (Å²) in [5, 5.41) is 5.72. The Morgan fingerprint density at radius 3 is 2.67 bits per heavy atom. The zero-order valence-electron chi connectivity index (χ0n) is 8.84. The van der Waals surface area contributed by atoms with Crippen molar-refractivity contribution in [1.29, 1.82) is 0 Å². The third kappa shape index (κ3) is 3.60. The fourth-order valence-corrected chi connectivity index (χ4v) is 2.64. The molecule has 15 heavy (non-hydrogen) atoms. The van der Waals surface area contributed by atoms with E-state index in [-0.39, 0.29) is 17.0 Å². The molecule has 86 valence electrons. The first-order valence-corrected chi connectivity index (χ1v) is 6.40. The maximum atomic E-state index is 11.7. The maximum Gasteiger partial charge on any atom is 0.243 e. The van der Waals surface area contributed by atoms with Gasteiger partial charge in [0, 0.05) is 6.04 Å². The second kappa shape index (κ2) is 4.71. The Kier molecular flexibility index (Phi) is 3.81. The summed E-state index contributed by atoms with van der Waals surface area (Å²) in [4.78, 5) is 3.61. The Labute approximate surface area is 89.2 Å². The monoisotopic (exact) mass is 232 g/mol. The van der Waals surface area contributed by atoms with Crippen LogP contribution in [-0.2, 0) is 9.84 Å². The largest absolute Gasteiger partial charge is 0.327 e. The third-order valence-electron chi connectivity index (χ3n) is 1.90. The molecule has 0 fully saturated rings. The molecule has 1 aromatic heterocycles. The van der Waals surface area contributed by atoms with Crippen LogP contribution < -0.4 is 5.73 Å². The summed E-state index contributed by atoms with van der Waals surface area (Å²) in [5.41, 5.74) is 5.73. The smallest absolute Gasteiger partial charge is 0.243 e. The molecule has 1 unspecified atom stereocenters. The molecule has 1 aromatic rings. The molecule has 0 aliphatic carbocycles. The van der Waals surface area contributed by atoms with Crippen LogP contribution in [0.25, 0.3) is 0 Å². The highest BCUT2D eigenvalue weighted by atomic mass is 32.2. The Balaban J connectivity index is 2.66. The summed E-state index contributed by atoms with van der Waals surface area (Å²) >= 11 is 0. The fraction of sp³-hybridized carbons (Fsp3) is 0.750. The van der Waals surface area contributed by atoms with Gasteiger partial charge >= 0.3 is 0 Å². The summed E-state index contributed by atoms with van der Waals surface area (Å²) < 4.78 is 23.3. The molecule has 0 bridgehead atoms. The molecule has 0 amide bonds. The van der Waals surface area contributed by atoms with Gasteiger partial charge in [-0.15, -0.1) is 0 Å². The van der Waals surface area contributed by atoms with Crippen LogP contribution in [-0.4, -0.2) is 35.4 Å². The molecule has 0 aliphatic rings. The lowest BCUT2D eigenvalue weighted by Gasteiger charge is -2.12. The highest BCUT2D eigenvalue weighted by Gasteiger charge is 2.21. The predicted octanol–water partition coefficient (Wildman–Crippen LogP) is -0.0482. The lowest BCUT2D eigenvalue weighted by molar-refractivity contribution is 0.511. The molecule has 0 aromatic carbocycles. The molecule has 3 N–H and O–H groups in total. The minimum Gasteiger partial charge on any atom is -0.327 e. The van der Waals surface area contributed by atoms with Crippen LogP contribution in [0.4, 0.5) is 0 Å². The average Bonchev–Trinajstić information content (AvgIpc) is 2.51. The van der Waals surface area contributed by atoms with E-state index in [9.17, 15) is 8.42 Å². The van der Waals surface area contributed by atoms with Crippen LogP contribution in [0.1, 0.15) is 20.3 Å². The van der Waals surface area contributed by atoms with Crippen LogP contribution >= 0.6 is 0 Å². The predicted molar refractivity (Wildman–Crippen MR) is 55.9 cm³/mol. The van der Waals surface area contributed by atoms with Gasteiger partial charge in [0.2, 0.25) is 15.0 Å². The van der Waals surface area contributed by atoms with Crippen LogP contribution in [0.3, 0.4) is 0 Å². The van der Waals surface area contributed by atoms with E-state index < -0.39 is 9.84 Å². The first-order valence-electron chi connectivity index (χ1n) is 4.75.